The topological polar surface area (TPSA) is 15.3 Å². The zero-order valence-corrected chi connectivity index (χ0v) is 12.0. The van der Waals surface area contributed by atoms with E-state index in [4.69, 9.17) is 0 Å². The van der Waals surface area contributed by atoms with E-state index < -0.39 is 0 Å². The average Bonchev–Trinajstić information content (AvgIpc) is 2.69. The van der Waals surface area contributed by atoms with Gasteiger partial charge in [0.25, 0.3) is 0 Å². The summed E-state index contributed by atoms with van der Waals surface area (Å²) in [6, 6.07) is 1.42. The van der Waals surface area contributed by atoms with Crippen LogP contribution in [0.5, 0.6) is 0 Å². The van der Waals surface area contributed by atoms with Crippen LogP contribution in [0.25, 0.3) is 0 Å². The molecule has 100 valence electrons. The molecule has 0 bridgehead atoms. The van der Waals surface area contributed by atoms with Crippen LogP contribution in [0.3, 0.4) is 0 Å². The van der Waals surface area contributed by atoms with Crippen molar-refractivity contribution in [1.82, 2.24) is 10.2 Å². The number of nitrogens with zero attached hydrogens (tertiary/aromatic N) is 1. The van der Waals surface area contributed by atoms with Crippen molar-refractivity contribution in [1.29, 1.82) is 0 Å². The molecule has 17 heavy (non-hydrogen) atoms. The highest BCUT2D eigenvalue weighted by Crippen LogP contribution is 2.48. The highest BCUT2D eigenvalue weighted by molar-refractivity contribution is 4.91. The van der Waals surface area contributed by atoms with Crippen molar-refractivity contribution in [3.05, 3.63) is 0 Å². The van der Waals surface area contributed by atoms with Crippen molar-refractivity contribution in [3.8, 4) is 0 Å². The van der Waals surface area contributed by atoms with Crippen molar-refractivity contribution < 1.29 is 0 Å². The maximum absolute atomic E-state index is 3.81. The van der Waals surface area contributed by atoms with Gasteiger partial charge in [0.1, 0.15) is 0 Å². The van der Waals surface area contributed by atoms with Gasteiger partial charge in [0, 0.05) is 18.6 Å². The number of hydrogen-bond acceptors (Lipinski definition) is 2. The second-order valence-corrected chi connectivity index (χ2v) is 6.81. The van der Waals surface area contributed by atoms with Gasteiger partial charge >= 0.3 is 0 Å². The third-order valence-corrected chi connectivity index (χ3v) is 4.87. The molecule has 0 aromatic heterocycles. The van der Waals surface area contributed by atoms with E-state index in [9.17, 15) is 0 Å². The van der Waals surface area contributed by atoms with Crippen molar-refractivity contribution in [3.63, 3.8) is 0 Å². The summed E-state index contributed by atoms with van der Waals surface area (Å²) in [5.41, 5.74) is 0.781. The fourth-order valence-corrected chi connectivity index (χ4v) is 4.02. The molecule has 2 aliphatic rings. The Labute approximate surface area is 107 Å². The van der Waals surface area contributed by atoms with Crippen LogP contribution >= 0.6 is 0 Å². The molecule has 0 aromatic rings. The lowest BCUT2D eigenvalue weighted by atomic mass is 9.71. The molecule has 0 heterocycles. The fourth-order valence-electron chi connectivity index (χ4n) is 4.02. The van der Waals surface area contributed by atoms with E-state index in [1.54, 1.807) is 0 Å². The Balaban J connectivity index is 1.71. The second kappa shape index (κ2) is 5.71. The van der Waals surface area contributed by atoms with E-state index in [0.717, 1.165) is 18.0 Å². The minimum atomic E-state index is 0.632. The second-order valence-electron chi connectivity index (χ2n) is 6.81. The molecule has 2 aliphatic carbocycles. The number of hydrogen-bond donors (Lipinski definition) is 1. The lowest BCUT2D eigenvalue weighted by molar-refractivity contribution is 0.160. The van der Waals surface area contributed by atoms with Crippen molar-refractivity contribution in [2.24, 2.45) is 5.41 Å². The molecule has 2 nitrogen and oxygen atoms in total. The molecule has 2 rings (SSSR count). The van der Waals surface area contributed by atoms with Crippen LogP contribution in [0.4, 0.5) is 0 Å². The highest BCUT2D eigenvalue weighted by Gasteiger charge is 2.37. The molecule has 1 unspecified atom stereocenters. The summed E-state index contributed by atoms with van der Waals surface area (Å²) in [6.07, 6.45) is 11.8. The Hall–Kier alpha value is -0.0800. The smallest absolute Gasteiger partial charge is 0.0169 e. The van der Waals surface area contributed by atoms with Crippen LogP contribution in [0.15, 0.2) is 0 Å². The van der Waals surface area contributed by atoms with Gasteiger partial charge in [0.15, 0.2) is 0 Å². The molecule has 0 amide bonds. The van der Waals surface area contributed by atoms with Crippen molar-refractivity contribution in [2.75, 3.05) is 20.6 Å². The quantitative estimate of drug-likeness (QED) is 0.810. The molecular weight excluding hydrogens is 208 g/mol. The van der Waals surface area contributed by atoms with E-state index >= 15 is 0 Å². The first-order chi connectivity index (χ1) is 8.10. The van der Waals surface area contributed by atoms with Gasteiger partial charge in [-0.25, -0.2) is 0 Å². The Bertz CT molecular complexity index is 221. The molecule has 0 aliphatic heterocycles. The van der Waals surface area contributed by atoms with Gasteiger partial charge in [-0.05, 0) is 65.0 Å². The largest absolute Gasteiger partial charge is 0.310 e. The lowest BCUT2D eigenvalue weighted by Gasteiger charge is -2.38. The summed E-state index contributed by atoms with van der Waals surface area (Å²) in [7, 11) is 4.32. The molecule has 1 spiro atoms. The minimum absolute atomic E-state index is 0.632. The van der Waals surface area contributed by atoms with E-state index in [-0.39, 0.29) is 0 Å². The van der Waals surface area contributed by atoms with Gasteiger partial charge in [-0.3, -0.25) is 0 Å². The number of rotatable bonds is 4. The molecule has 1 N–H and O–H groups in total. The molecule has 2 heteroatoms. The summed E-state index contributed by atoms with van der Waals surface area (Å²) >= 11 is 0. The van der Waals surface area contributed by atoms with Crippen LogP contribution in [-0.4, -0.2) is 37.6 Å². The summed E-state index contributed by atoms with van der Waals surface area (Å²) in [5.74, 6) is 0. The van der Waals surface area contributed by atoms with Gasteiger partial charge in [0.2, 0.25) is 0 Å². The van der Waals surface area contributed by atoms with Crippen molar-refractivity contribution in [2.45, 2.75) is 70.4 Å². The molecular formula is C15H30N2. The minimum Gasteiger partial charge on any atom is -0.310 e. The SMILES string of the molecule is CC(CN(C)C)NC1CCC2(CCCC2)CC1. The zero-order chi connectivity index (χ0) is 12.3. The molecule has 2 saturated carbocycles. The van der Waals surface area contributed by atoms with Crippen LogP contribution < -0.4 is 5.32 Å². The van der Waals surface area contributed by atoms with E-state index in [0.29, 0.717) is 6.04 Å². The zero-order valence-electron chi connectivity index (χ0n) is 12.0. The number of likely N-dealkylation sites (N-methyl/N-ethyl adjacent to an activating group) is 1. The van der Waals surface area contributed by atoms with Gasteiger partial charge in [-0.1, -0.05) is 12.8 Å². The predicted octanol–water partition coefficient (Wildman–Crippen LogP) is 3.03. The normalized spacial score (nSPS) is 26.8. The first kappa shape index (κ1) is 13.4. The van der Waals surface area contributed by atoms with Gasteiger partial charge in [0.05, 0.1) is 0 Å². The Morgan fingerprint density at radius 3 is 2.24 bits per heavy atom. The van der Waals surface area contributed by atoms with Gasteiger partial charge in [-0.2, -0.15) is 0 Å². The number of nitrogens with one attached hydrogen (secondary N) is 1. The maximum atomic E-state index is 3.81. The molecule has 0 saturated heterocycles. The van der Waals surface area contributed by atoms with Crippen LogP contribution in [0.1, 0.15) is 58.3 Å². The molecule has 2 fully saturated rings. The van der Waals surface area contributed by atoms with E-state index in [1.807, 2.05) is 0 Å². The summed E-state index contributed by atoms with van der Waals surface area (Å²) in [4.78, 5) is 2.28. The first-order valence-corrected chi connectivity index (χ1v) is 7.50. The Morgan fingerprint density at radius 1 is 1.12 bits per heavy atom. The standard InChI is InChI=1S/C15H30N2/c1-13(12-17(2)3)16-14-6-10-15(11-7-14)8-4-5-9-15/h13-14,16H,4-12H2,1-3H3. The van der Waals surface area contributed by atoms with Crippen LogP contribution in [-0.2, 0) is 0 Å². The lowest BCUT2D eigenvalue weighted by Crippen LogP contribution is -2.44. The highest BCUT2D eigenvalue weighted by atomic mass is 15.1. The van der Waals surface area contributed by atoms with Crippen LogP contribution in [0.2, 0.25) is 0 Å². The Kier molecular flexibility index (Phi) is 4.48. The predicted molar refractivity (Wildman–Crippen MR) is 74.3 cm³/mol. The molecule has 1 atom stereocenters. The fraction of sp³-hybridized carbons (Fsp3) is 1.00. The monoisotopic (exact) mass is 238 g/mol. The first-order valence-electron chi connectivity index (χ1n) is 7.50. The van der Waals surface area contributed by atoms with Crippen LogP contribution in [0, 0.1) is 5.41 Å². The molecule has 0 radical (unpaired) electrons. The third-order valence-electron chi connectivity index (χ3n) is 4.87. The van der Waals surface area contributed by atoms with Crippen molar-refractivity contribution >= 4 is 0 Å². The van der Waals surface area contributed by atoms with E-state index in [1.165, 1.54) is 51.4 Å². The van der Waals surface area contributed by atoms with E-state index in [2.05, 4.69) is 31.2 Å². The van der Waals surface area contributed by atoms with Gasteiger partial charge < -0.3 is 10.2 Å². The summed E-state index contributed by atoms with van der Waals surface area (Å²) in [6.45, 7) is 3.47. The molecule has 0 aromatic carbocycles. The summed E-state index contributed by atoms with van der Waals surface area (Å²) in [5, 5.41) is 3.81. The Morgan fingerprint density at radius 2 is 1.71 bits per heavy atom. The average molecular weight is 238 g/mol. The maximum Gasteiger partial charge on any atom is 0.0169 e. The van der Waals surface area contributed by atoms with Gasteiger partial charge in [-0.15, -0.1) is 0 Å². The summed E-state index contributed by atoms with van der Waals surface area (Å²) < 4.78 is 0. The third kappa shape index (κ3) is 3.69.